The summed E-state index contributed by atoms with van der Waals surface area (Å²) in [5.74, 6) is 0.323. The zero-order valence-corrected chi connectivity index (χ0v) is 11.9. The summed E-state index contributed by atoms with van der Waals surface area (Å²) in [5, 5.41) is 5.06. The smallest absolute Gasteiger partial charge is 0.222 e. The van der Waals surface area contributed by atoms with Crippen LogP contribution in [0.4, 0.5) is 5.88 Å². The van der Waals surface area contributed by atoms with Crippen LogP contribution >= 0.6 is 11.3 Å². The van der Waals surface area contributed by atoms with Gasteiger partial charge in [-0.3, -0.25) is 0 Å². The molecule has 2 aromatic heterocycles. The number of rotatable bonds is 1. The number of nitrogens with zero attached hydrogens (tertiary/aromatic N) is 2. The van der Waals surface area contributed by atoms with Crippen molar-refractivity contribution < 1.29 is 4.52 Å². The summed E-state index contributed by atoms with van der Waals surface area (Å²) in [5.41, 5.74) is 8.32. The second kappa shape index (κ2) is 4.06. The predicted molar refractivity (Wildman–Crippen MR) is 78.2 cm³/mol. The van der Waals surface area contributed by atoms with Crippen LogP contribution < -0.4 is 5.73 Å². The number of anilines is 1. The van der Waals surface area contributed by atoms with Gasteiger partial charge in [-0.2, -0.15) is 0 Å². The van der Waals surface area contributed by atoms with Gasteiger partial charge >= 0.3 is 0 Å². The van der Waals surface area contributed by atoms with Crippen LogP contribution in [0.3, 0.4) is 0 Å². The van der Waals surface area contributed by atoms with Crippen LogP contribution in [0.1, 0.15) is 25.8 Å². The Morgan fingerprint density at radius 1 is 1.21 bits per heavy atom. The van der Waals surface area contributed by atoms with Crippen molar-refractivity contribution >= 4 is 27.4 Å². The van der Waals surface area contributed by atoms with E-state index in [2.05, 4.69) is 32.0 Å². The van der Waals surface area contributed by atoms with Gasteiger partial charge in [-0.1, -0.05) is 32.0 Å². The van der Waals surface area contributed by atoms with Crippen molar-refractivity contribution in [3.05, 3.63) is 29.3 Å². The molecule has 4 nitrogen and oxygen atoms in total. The van der Waals surface area contributed by atoms with E-state index in [4.69, 9.17) is 15.2 Å². The van der Waals surface area contributed by atoms with E-state index in [0.717, 1.165) is 21.8 Å². The predicted octanol–water partition coefficient (Wildman–Crippen LogP) is 3.83. The molecular formula is C14H15N3OS. The highest BCUT2D eigenvalue weighted by Crippen LogP contribution is 2.33. The van der Waals surface area contributed by atoms with Crippen molar-refractivity contribution in [1.82, 2.24) is 10.1 Å². The van der Waals surface area contributed by atoms with E-state index >= 15 is 0 Å². The highest BCUT2D eigenvalue weighted by Gasteiger charge is 2.19. The Morgan fingerprint density at radius 2 is 2.00 bits per heavy atom. The molecule has 0 spiro atoms. The van der Waals surface area contributed by atoms with E-state index in [9.17, 15) is 0 Å². The van der Waals surface area contributed by atoms with Gasteiger partial charge < -0.3 is 10.3 Å². The van der Waals surface area contributed by atoms with Crippen LogP contribution in [0.25, 0.3) is 21.5 Å². The Balaban J connectivity index is 2.11. The monoisotopic (exact) mass is 273 g/mol. The minimum absolute atomic E-state index is 0.0716. The molecule has 3 rings (SSSR count). The molecule has 98 valence electrons. The summed E-state index contributed by atoms with van der Waals surface area (Å²) in [6.45, 7) is 6.51. The lowest BCUT2D eigenvalue weighted by molar-refractivity contribution is 0.439. The fourth-order valence-electron chi connectivity index (χ4n) is 1.83. The van der Waals surface area contributed by atoms with Crippen molar-refractivity contribution in [2.75, 3.05) is 5.73 Å². The average Bonchev–Trinajstić information content (AvgIpc) is 2.92. The van der Waals surface area contributed by atoms with Gasteiger partial charge in [0.05, 0.1) is 15.2 Å². The molecule has 1 aromatic carbocycles. The molecular weight excluding hydrogens is 258 g/mol. The number of thiazole rings is 1. The van der Waals surface area contributed by atoms with E-state index < -0.39 is 0 Å². The number of benzene rings is 1. The van der Waals surface area contributed by atoms with Crippen molar-refractivity contribution in [2.24, 2.45) is 0 Å². The molecule has 0 aliphatic carbocycles. The molecule has 0 saturated heterocycles. The number of nitrogens with two attached hydrogens (primary N) is 1. The van der Waals surface area contributed by atoms with E-state index in [-0.39, 0.29) is 5.41 Å². The van der Waals surface area contributed by atoms with Gasteiger partial charge in [0, 0.05) is 17.0 Å². The fraction of sp³-hybridized carbons (Fsp3) is 0.286. The Labute approximate surface area is 115 Å². The third-order valence-corrected chi connectivity index (χ3v) is 4.32. The number of hydrogen-bond acceptors (Lipinski definition) is 5. The molecule has 0 saturated carbocycles. The molecule has 2 N–H and O–H groups in total. The highest BCUT2D eigenvalue weighted by atomic mass is 32.1. The Hall–Kier alpha value is -1.88. The van der Waals surface area contributed by atoms with Gasteiger partial charge in [0.25, 0.3) is 0 Å². The first-order valence-corrected chi connectivity index (χ1v) is 6.89. The summed E-state index contributed by atoms with van der Waals surface area (Å²) in [6, 6.07) is 7.84. The fourth-order valence-corrected chi connectivity index (χ4v) is 2.84. The molecule has 0 bridgehead atoms. The number of aromatic nitrogens is 2. The second-order valence-corrected chi connectivity index (χ2v) is 6.60. The maximum absolute atomic E-state index is 5.55. The van der Waals surface area contributed by atoms with Crippen molar-refractivity contribution in [1.29, 1.82) is 0 Å². The van der Waals surface area contributed by atoms with Gasteiger partial charge in [-0.05, 0) is 12.1 Å². The number of nitrogen functional groups attached to an aromatic ring is 1. The summed E-state index contributed by atoms with van der Waals surface area (Å²) >= 11 is 1.73. The van der Waals surface area contributed by atoms with Crippen LogP contribution in [0.5, 0.6) is 0 Å². The molecule has 5 heteroatoms. The zero-order valence-electron chi connectivity index (χ0n) is 11.1. The maximum Gasteiger partial charge on any atom is 0.222 e. The van der Waals surface area contributed by atoms with Crippen LogP contribution in [0.2, 0.25) is 0 Å². The van der Waals surface area contributed by atoms with Gasteiger partial charge in [0.2, 0.25) is 5.88 Å². The van der Waals surface area contributed by atoms with Gasteiger partial charge in [-0.15, -0.1) is 11.3 Å². The molecule has 0 radical (unpaired) electrons. The van der Waals surface area contributed by atoms with Crippen LogP contribution in [-0.2, 0) is 5.41 Å². The van der Waals surface area contributed by atoms with E-state index in [1.165, 1.54) is 4.70 Å². The molecule has 0 atom stereocenters. The lowest BCUT2D eigenvalue weighted by Crippen LogP contribution is -2.09. The Morgan fingerprint density at radius 3 is 2.63 bits per heavy atom. The quantitative estimate of drug-likeness (QED) is 0.731. The van der Waals surface area contributed by atoms with E-state index in [1.807, 2.05) is 12.1 Å². The first-order chi connectivity index (χ1) is 8.93. The topological polar surface area (TPSA) is 64.9 Å². The number of fused-ring (bicyclic) bond motifs is 1. The summed E-state index contributed by atoms with van der Waals surface area (Å²) in [7, 11) is 0. The third-order valence-electron chi connectivity index (χ3n) is 2.85. The first-order valence-electron chi connectivity index (χ1n) is 6.07. The molecule has 2 heterocycles. The van der Waals surface area contributed by atoms with Crippen molar-refractivity contribution in [3.8, 4) is 11.3 Å². The van der Waals surface area contributed by atoms with Crippen molar-refractivity contribution in [2.45, 2.75) is 26.2 Å². The molecule has 0 fully saturated rings. The highest BCUT2D eigenvalue weighted by molar-refractivity contribution is 7.18. The Kier molecular flexibility index (Phi) is 2.60. The lowest BCUT2D eigenvalue weighted by Gasteiger charge is -2.13. The SMILES string of the molecule is CC(C)(C)c1nc2cc(-c3cc(N)on3)ccc2s1. The summed E-state index contributed by atoms with van der Waals surface area (Å²) < 4.78 is 6.09. The normalized spacial score (nSPS) is 12.2. The van der Waals surface area contributed by atoms with Crippen LogP contribution in [0.15, 0.2) is 28.8 Å². The Bertz CT molecular complexity index is 737. The lowest BCUT2D eigenvalue weighted by atomic mass is 9.98. The second-order valence-electron chi connectivity index (χ2n) is 5.57. The standard InChI is InChI=1S/C14H15N3OS/c1-14(2,3)13-16-10-6-8(4-5-11(10)19-13)9-7-12(15)18-17-9/h4-7H,15H2,1-3H3. The van der Waals surface area contributed by atoms with Gasteiger partial charge in [0.1, 0.15) is 5.69 Å². The van der Waals surface area contributed by atoms with Crippen LogP contribution in [0, 0.1) is 0 Å². The average molecular weight is 273 g/mol. The maximum atomic E-state index is 5.55. The molecule has 0 unspecified atom stereocenters. The van der Waals surface area contributed by atoms with E-state index in [1.54, 1.807) is 17.4 Å². The molecule has 19 heavy (non-hydrogen) atoms. The molecule has 0 aliphatic heterocycles. The largest absolute Gasteiger partial charge is 0.368 e. The minimum atomic E-state index is 0.0716. The van der Waals surface area contributed by atoms with Gasteiger partial charge in [0.15, 0.2) is 0 Å². The zero-order chi connectivity index (χ0) is 13.6. The third kappa shape index (κ3) is 2.21. The molecule has 0 amide bonds. The van der Waals surface area contributed by atoms with Gasteiger partial charge in [-0.25, -0.2) is 4.98 Å². The summed E-state index contributed by atoms with van der Waals surface area (Å²) in [4.78, 5) is 4.71. The molecule has 3 aromatic rings. The first kappa shape index (κ1) is 12.2. The van der Waals surface area contributed by atoms with E-state index in [0.29, 0.717) is 5.88 Å². The van der Waals surface area contributed by atoms with Crippen LogP contribution in [-0.4, -0.2) is 10.1 Å². The van der Waals surface area contributed by atoms with Crippen molar-refractivity contribution in [3.63, 3.8) is 0 Å². The minimum Gasteiger partial charge on any atom is -0.368 e. The summed E-state index contributed by atoms with van der Waals surface area (Å²) in [6.07, 6.45) is 0. The number of hydrogen-bond donors (Lipinski definition) is 1. The molecule has 0 aliphatic rings.